The van der Waals surface area contributed by atoms with E-state index in [1.165, 1.54) is 11.6 Å². The van der Waals surface area contributed by atoms with Crippen molar-refractivity contribution in [3.63, 3.8) is 0 Å². The summed E-state index contributed by atoms with van der Waals surface area (Å²) in [5.74, 6) is 0.458. The van der Waals surface area contributed by atoms with Crippen molar-refractivity contribution in [2.45, 2.75) is 33.6 Å². The number of aryl methyl sites for hydroxylation is 1. The molecule has 2 rings (SSSR count). The minimum absolute atomic E-state index is 0.136. The van der Waals surface area contributed by atoms with Gasteiger partial charge in [0.05, 0.1) is 11.6 Å². The van der Waals surface area contributed by atoms with E-state index in [1.54, 1.807) is 12.1 Å². The number of nitriles is 1. The Bertz CT molecular complexity index is 579. The van der Waals surface area contributed by atoms with E-state index < -0.39 is 0 Å². The Balaban J connectivity index is 0.000000211. The molecular formula is C19H22FN. The summed E-state index contributed by atoms with van der Waals surface area (Å²) in [5, 5.41) is 8.45. The van der Waals surface area contributed by atoms with E-state index in [4.69, 9.17) is 5.26 Å². The molecule has 0 aliphatic heterocycles. The number of rotatable bonds is 3. The molecule has 2 heteroatoms. The fourth-order valence-electron chi connectivity index (χ4n) is 1.95. The molecule has 0 amide bonds. The van der Waals surface area contributed by atoms with Crippen LogP contribution in [0.1, 0.15) is 37.5 Å². The third kappa shape index (κ3) is 6.72. The molecule has 0 saturated carbocycles. The average Bonchev–Trinajstić information content (AvgIpc) is 2.47. The van der Waals surface area contributed by atoms with Gasteiger partial charge in [-0.2, -0.15) is 5.26 Å². The lowest BCUT2D eigenvalue weighted by atomic mass is 10.0. The van der Waals surface area contributed by atoms with Gasteiger partial charge in [0.15, 0.2) is 0 Å². The van der Waals surface area contributed by atoms with Gasteiger partial charge >= 0.3 is 0 Å². The number of benzene rings is 2. The molecular weight excluding hydrogens is 261 g/mol. The summed E-state index contributed by atoms with van der Waals surface area (Å²) in [6.07, 6.45) is 1.99. The van der Waals surface area contributed by atoms with Crippen molar-refractivity contribution in [3.05, 3.63) is 71.0 Å². The first-order valence-electron chi connectivity index (χ1n) is 7.28. The van der Waals surface area contributed by atoms with Crippen LogP contribution >= 0.6 is 0 Å². The van der Waals surface area contributed by atoms with Gasteiger partial charge in [-0.25, -0.2) is 4.39 Å². The van der Waals surface area contributed by atoms with Gasteiger partial charge in [-0.1, -0.05) is 45.0 Å². The van der Waals surface area contributed by atoms with Crippen molar-refractivity contribution in [2.24, 2.45) is 5.92 Å². The number of hydrogen-bond donors (Lipinski definition) is 0. The molecule has 2 aromatic carbocycles. The summed E-state index contributed by atoms with van der Waals surface area (Å²) < 4.78 is 12.6. The van der Waals surface area contributed by atoms with Crippen LogP contribution in [0.4, 0.5) is 4.39 Å². The van der Waals surface area contributed by atoms with E-state index in [9.17, 15) is 4.39 Å². The number of halogens is 1. The molecule has 0 bridgehead atoms. The van der Waals surface area contributed by atoms with Crippen molar-refractivity contribution < 1.29 is 4.39 Å². The minimum Gasteiger partial charge on any atom is -0.207 e. The zero-order chi connectivity index (χ0) is 15.7. The molecule has 0 saturated heterocycles. The maximum absolute atomic E-state index is 12.6. The van der Waals surface area contributed by atoms with Gasteiger partial charge in [-0.05, 0) is 54.2 Å². The predicted molar refractivity (Wildman–Crippen MR) is 85.5 cm³/mol. The Morgan fingerprint density at radius 1 is 1.05 bits per heavy atom. The lowest BCUT2D eigenvalue weighted by Crippen LogP contribution is -1.93. The van der Waals surface area contributed by atoms with Gasteiger partial charge in [0.1, 0.15) is 5.82 Å². The molecule has 0 unspecified atom stereocenters. The topological polar surface area (TPSA) is 23.8 Å². The van der Waals surface area contributed by atoms with Crippen LogP contribution in [-0.4, -0.2) is 0 Å². The summed E-state index contributed by atoms with van der Waals surface area (Å²) in [6, 6.07) is 16.5. The zero-order valence-electron chi connectivity index (χ0n) is 12.9. The summed E-state index contributed by atoms with van der Waals surface area (Å²) in [5.41, 5.74) is 3.09. The third-order valence-electron chi connectivity index (χ3n) is 3.02. The Morgan fingerprint density at radius 3 is 2.19 bits per heavy atom. The van der Waals surface area contributed by atoms with Crippen molar-refractivity contribution in [3.8, 4) is 6.07 Å². The molecule has 110 valence electrons. The Hall–Kier alpha value is -2.14. The highest BCUT2D eigenvalue weighted by molar-refractivity contribution is 5.31. The highest BCUT2D eigenvalue weighted by Gasteiger charge is 1.97. The second-order valence-corrected chi connectivity index (χ2v) is 5.39. The molecule has 0 aliphatic rings. The summed E-state index contributed by atoms with van der Waals surface area (Å²) in [7, 11) is 0. The monoisotopic (exact) mass is 283 g/mol. The Labute approximate surface area is 127 Å². The second kappa shape index (κ2) is 8.92. The van der Waals surface area contributed by atoms with Crippen LogP contribution in [0.3, 0.4) is 0 Å². The number of hydrogen-bond acceptors (Lipinski definition) is 1. The fraction of sp³-hybridized carbons (Fsp3) is 0.316. The first-order chi connectivity index (χ1) is 10.0. The van der Waals surface area contributed by atoms with E-state index in [0.717, 1.165) is 24.0 Å². The van der Waals surface area contributed by atoms with E-state index in [2.05, 4.69) is 26.8 Å². The van der Waals surface area contributed by atoms with E-state index in [-0.39, 0.29) is 5.82 Å². The summed E-state index contributed by atoms with van der Waals surface area (Å²) in [6.45, 7) is 6.36. The van der Waals surface area contributed by atoms with Gasteiger partial charge < -0.3 is 0 Å². The third-order valence-corrected chi connectivity index (χ3v) is 3.02. The van der Waals surface area contributed by atoms with E-state index in [0.29, 0.717) is 5.92 Å². The van der Waals surface area contributed by atoms with Gasteiger partial charge in [0.2, 0.25) is 0 Å². The lowest BCUT2D eigenvalue weighted by molar-refractivity contribution is 0.613. The van der Waals surface area contributed by atoms with Gasteiger partial charge in [-0.3, -0.25) is 0 Å². The Morgan fingerprint density at radius 2 is 1.71 bits per heavy atom. The maximum Gasteiger partial charge on any atom is 0.123 e. The Kier molecular flexibility index (Phi) is 7.18. The second-order valence-electron chi connectivity index (χ2n) is 5.39. The van der Waals surface area contributed by atoms with Crippen molar-refractivity contribution >= 4 is 0 Å². The van der Waals surface area contributed by atoms with Crippen molar-refractivity contribution in [1.82, 2.24) is 0 Å². The largest absolute Gasteiger partial charge is 0.207 e. The van der Waals surface area contributed by atoms with E-state index in [1.807, 2.05) is 30.3 Å². The van der Waals surface area contributed by atoms with Crippen LogP contribution in [0, 0.1) is 23.1 Å². The molecule has 0 atom stereocenters. The van der Waals surface area contributed by atoms with Crippen molar-refractivity contribution in [1.29, 1.82) is 5.26 Å². The molecule has 2 aromatic rings. The van der Waals surface area contributed by atoms with Gasteiger partial charge in [-0.15, -0.1) is 0 Å². The normalized spacial score (nSPS) is 9.71. The fourth-order valence-corrected chi connectivity index (χ4v) is 1.95. The quantitative estimate of drug-likeness (QED) is 0.764. The molecule has 0 heterocycles. The minimum atomic E-state index is -0.136. The van der Waals surface area contributed by atoms with Crippen LogP contribution in [0.2, 0.25) is 0 Å². The predicted octanol–water partition coefficient (Wildman–Crippen LogP) is 5.14. The summed E-state index contributed by atoms with van der Waals surface area (Å²) in [4.78, 5) is 0. The van der Waals surface area contributed by atoms with Gasteiger partial charge in [0, 0.05) is 0 Å². The molecule has 1 nitrogen and oxygen atoms in total. The first-order valence-corrected chi connectivity index (χ1v) is 7.28. The molecule has 0 aromatic heterocycles. The van der Waals surface area contributed by atoms with E-state index >= 15 is 0 Å². The average molecular weight is 283 g/mol. The van der Waals surface area contributed by atoms with Gasteiger partial charge in [0.25, 0.3) is 0 Å². The zero-order valence-corrected chi connectivity index (χ0v) is 12.9. The molecule has 0 fully saturated rings. The maximum atomic E-state index is 12.6. The SMILES string of the molecule is CC(C)Cc1cccc(F)c1.CCc1ccc(C#N)cc1. The molecule has 0 radical (unpaired) electrons. The smallest absolute Gasteiger partial charge is 0.123 e. The molecule has 0 spiro atoms. The van der Waals surface area contributed by atoms with Crippen LogP contribution < -0.4 is 0 Å². The van der Waals surface area contributed by atoms with Crippen LogP contribution in [-0.2, 0) is 12.8 Å². The highest BCUT2D eigenvalue weighted by atomic mass is 19.1. The van der Waals surface area contributed by atoms with Crippen LogP contribution in [0.5, 0.6) is 0 Å². The molecule has 0 N–H and O–H groups in total. The standard InChI is InChI=1S/C10H13F.C9H9N/c1-8(2)6-9-4-3-5-10(11)7-9;1-2-8-3-5-9(7-10)6-4-8/h3-5,7-8H,6H2,1-2H3;3-6H,2H2,1H3. The first kappa shape index (κ1) is 16.9. The molecule has 21 heavy (non-hydrogen) atoms. The number of nitrogens with zero attached hydrogens (tertiary/aromatic N) is 1. The molecule has 0 aliphatic carbocycles. The van der Waals surface area contributed by atoms with Crippen molar-refractivity contribution in [2.75, 3.05) is 0 Å². The lowest BCUT2D eigenvalue weighted by Gasteiger charge is -2.03. The summed E-state index contributed by atoms with van der Waals surface area (Å²) >= 11 is 0. The van der Waals surface area contributed by atoms with Crippen LogP contribution in [0.15, 0.2) is 48.5 Å². The highest BCUT2D eigenvalue weighted by Crippen LogP contribution is 2.09. The van der Waals surface area contributed by atoms with Crippen LogP contribution in [0.25, 0.3) is 0 Å².